The van der Waals surface area contributed by atoms with E-state index in [0.29, 0.717) is 52.8 Å². The molecule has 114 valence electrons. The van der Waals surface area contributed by atoms with Crippen LogP contribution in [0, 0.1) is 0 Å². The smallest absolute Gasteiger partial charge is 0.0889 e. The minimum absolute atomic E-state index is 0.485. The molecule has 1 aromatic rings. The molecule has 1 heterocycles. The summed E-state index contributed by atoms with van der Waals surface area (Å²) in [6.45, 7) is 4.43. The molecule has 2 N–H and O–H groups in total. The predicted octanol–water partition coefficient (Wildman–Crippen LogP) is 0.737. The van der Waals surface area contributed by atoms with Crippen molar-refractivity contribution < 1.29 is 18.9 Å². The first kappa shape index (κ1) is 17.0. The Balaban J connectivity index is 1.91. The Morgan fingerprint density at radius 2 is 1.60 bits per heavy atom. The lowest BCUT2D eigenvalue weighted by atomic mass is 10.2. The van der Waals surface area contributed by atoms with Crippen molar-refractivity contribution >= 4 is 0 Å². The van der Waals surface area contributed by atoms with E-state index in [9.17, 15) is 0 Å². The second-order valence-electron chi connectivity index (χ2n) is 4.13. The normalized spacial score (nSPS) is 10.9. The van der Waals surface area contributed by atoms with Crippen LogP contribution >= 0.6 is 0 Å². The van der Waals surface area contributed by atoms with Crippen LogP contribution in [0.2, 0.25) is 0 Å². The summed E-state index contributed by atoms with van der Waals surface area (Å²) in [6, 6.07) is 3.88. The fourth-order valence-electron chi connectivity index (χ4n) is 1.42. The zero-order chi connectivity index (χ0) is 14.5. The van der Waals surface area contributed by atoms with Gasteiger partial charge in [-0.2, -0.15) is 0 Å². The molecule has 0 fully saturated rings. The molecule has 1 rings (SSSR count). The maximum Gasteiger partial charge on any atom is 0.0889 e. The zero-order valence-electron chi connectivity index (χ0n) is 12.0. The van der Waals surface area contributed by atoms with Crippen molar-refractivity contribution in [3.63, 3.8) is 0 Å². The van der Waals surface area contributed by atoms with Crippen LogP contribution in [-0.2, 0) is 32.1 Å². The highest BCUT2D eigenvalue weighted by Gasteiger charge is 1.96. The maximum absolute atomic E-state index is 5.50. The van der Waals surface area contributed by atoms with E-state index in [0.717, 1.165) is 11.3 Å². The standard InChI is InChI=1S/C14H24N2O4/c1-17-4-5-18-6-7-19-8-9-20-12-14-3-2-13(10-15)11-16-14/h2-3,11H,4-10,12,15H2,1H3. The van der Waals surface area contributed by atoms with Crippen LogP contribution in [0.15, 0.2) is 18.3 Å². The number of hydrogen-bond acceptors (Lipinski definition) is 6. The molecule has 0 aliphatic heterocycles. The van der Waals surface area contributed by atoms with E-state index in [1.165, 1.54) is 0 Å². The SMILES string of the molecule is COCCOCCOCCOCc1ccc(CN)cn1. The average molecular weight is 284 g/mol. The lowest BCUT2D eigenvalue weighted by Crippen LogP contribution is -2.11. The zero-order valence-corrected chi connectivity index (χ0v) is 12.0. The first-order valence-corrected chi connectivity index (χ1v) is 6.73. The van der Waals surface area contributed by atoms with E-state index in [-0.39, 0.29) is 0 Å². The second kappa shape index (κ2) is 11.7. The van der Waals surface area contributed by atoms with Crippen LogP contribution in [0.25, 0.3) is 0 Å². The number of hydrogen-bond donors (Lipinski definition) is 1. The van der Waals surface area contributed by atoms with Gasteiger partial charge in [-0.05, 0) is 11.6 Å². The molecule has 20 heavy (non-hydrogen) atoms. The molecule has 0 radical (unpaired) electrons. The Bertz CT molecular complexity index is 332. The van der Waals surface area contributed by atoms with Gasteiger partial charge in [0.25, 0.3) is 0 Å². The van der Waals surface area contributed by atoms with Crippen LogP contribution < -0.4 is 5.73 Å². The third-order valence-corrected chi connectivity index (χ3v) is 2.55. The number of nitrogens with two attached hydrogens (primary N) is 1. The van der Waals surface area contributed by atoms with Crippen LogP contribution in [0.1, 0.15) is 11.3 Å². The summed E-state index contributed by atoms with van der Waals surface area (Å²) in [7, 11) is 1.65. The molecular formula is C14H24N2O4. The van der Waals surface area contributed by atoms with Gasteiger partial charge in [-0.1, -0.05) is 6.07 Å². The highest BCUT2D eigenvalue weighted by molar-refractivity contribution is 5.13. The maximum atomic E-state index is 5.50. The van der Waals surface area contributed by atoms with Crippen LogP contribution in [-0.4, -0.2) is 51.7 Å². The molecular weight excluding hydrogens is 260 g/mol. The summed E-state index contributed by atoms with van der Waals surface area (Å²) in [5, 5.41) is 0. The van der Waals surface area contributed by atoms with Gasteiger partial charge in [0.05, 0.1) is 51.9 Å². The fourth-order valence-corrected chi connectivity index (χ4v) is 1.42. The second-order valence-corrected chi connectivity index (χ2v) is 4.13. The lowest BCUT2D eigenvalue weighted by molar-refractivity contribution is 0.000466. The largest absolute Gasteiger partial charge is 0.382 e. The van der Waals surface area contributed by atoms with E-state index in [1.807, 2.05) is 12.1 Å². The molecule has 0 aromatic carbocycles. The first-order chi connectivity index (χ1) is 9.86. The summed E-state index contributed by atoms with van der Waals surface area (Å²) in [6.07, 6.45) is 1.77. The number of rotatable bonds is 12. The average Bonchev–Trinajstić information content (AvgIpc) is 2.50. The van der Waals surface area contributed by atoms with Crippen molar-refractivity contribution in [1.82, 2.24) is 4.98 Å². The molecule has 0 unspecified atom stereocenters. The van der Waals surface area contributed by atoms with Crippen LogP contribution in [0.3, 0.4) is 0 Å². The van der Waals surface area contributed by atoms with E-state index in [1.54, 1.807) is 13.3 Å². The Kier molecular flexibility index (Phi) is 9.99. The number of pyridine rings is 1. The summed E-state index contributed by atoms with van der Waals surface area (Å²) in [5.41, 5.74) is 7.41. The molecule has 6 nitrogen and oxygen atoms in total. The molecule has 0 atom stereocenters. The van der Waals surface area contributed by atoms with Crippen LogP contribution in [0.4, 0.5) is 0 Å². The summed E-state index contributed by atoms with van der Waals surface area (Å²) >= 11 is 0. The summed E-state index contributed by atoms with van der Waals surface area (Å²) < 4.78 is 20.9. The minimum atomic E-state index is 0.485. The highest BCUT2D eigenvalue weighted by Crippen LogP contribution is 2.00. The van der Waals surface area contributed by atoms with Crippen LogP contribution in [0.5, 0.6) is 0 Å². The fraction of sp³-hybridized carbons (Fsp3) is 0.643. The van der Waals surface area contributed by atoms with Crippen molar-refractivity contribution in [1.29, 1.82) is 0 Å². The lowest BCUT2D eigenvalue weighted by Gasteiger charge is -2.06. The van der Waals surface area contributed by atoms with Crippen molar-refractivity contribution in [3.05, 3.63) is 29.6 Å². The van der Waals surface area contributed by atoms with E-state index >= 15 is 0 Å². The molecule has 0 amide bonds. The van der Waals surface area contributed by atoms with Gasteiger partial charge in [-0.25, -0.2) is 0 Å². The Hall–Kier alpha value is -1.05. The summed E-state index contributed by atoms with van der Waals surface area (Å²) in [4.78, 5) is 4.25. The van der Waals surface area contributed by atoms with Gasteiger partial charge in [0, 0.05) is 19.9 Å². The number of methoxy groups -OCH3 is 1. The monoisotopic (exact) mass is 284 g/mol. The predicted molar refractivity (Wildman–Crippen MR) is 75.3 cm³/mol. The number of ether oxygens (including phenoxy) is 4. The van der Waals surface area contributed by atoms with Gasteiger partial charge in [0.2, 0.25) is 0 Å². The minimum Gasteiger partial charge on any atom is -0.382 e. The van der Waals surface area contributed by atoms with Gasteiger partial charge in [-0.3, -0.25) is 4.98 Å². The highest BCUT2D eigenvalue weighted by atomic mass is 16.6. The Labute approximate surface area is 120 Å². The quantitative estimate of drug-likeness (QED) is 0.570. The van der Waals surface area contributed by atoms with Crippen molar-refractivity contribution in [3.8, 4) is 0 Å². The van der Waals surface area contributed by atoms with E-state index < -0.39 is 0 Å². The molecule has 0 saturated heterocycles. The van der Waals surface area contributed by atoms with E-state index in [2.05, 4.69) is 4.98 Å². The van der Waals surface area contributed by atoms with Crippen molar-refractivity contribution in [2.45, 2.75) is 13.2 Å². The molecule has 0 aliphatic carbocycles. The van der Waals surface area contributed by atoms with Gasteiger partial charge < -0.3 is 24.7 Å². The van der Waals surface area contributed by atoms with Crippen molar-refractivity contribution in [2.24, 2.45) is 5.73 Å². The molecule has 0 saturated carbocycles. The molecule has 1 aromatic heterocycles. The topological polar surface area (TPSA) is 75.8 Å². The van der Waals surface area contributed by atoms with Crippen molar-refractivity contribution in [2.75, 3.05) is 46.8 Å². The van der Waals surface area contributed by atoms with Gasteiger partial charge in [0.15, 0.2) is 0 Å². The Morgan fingerprint density at radius 1 is 0.950 bits per heavy atom. The molecule has 0 bridgehead atoms. The molecule has 6 heteroatoms. The number of aromatic nitrogens is 1. The van der Waals surface area contributed by atoms with Gasteiger partial charge >= 0.3 is 0 Å². The van der Waals surface area contributed by atoms with E-state index in [4.69, 9.17) is 24.7 Å². The third-order valence-electron chi connectivity index (χ3n) is 2.55. The Morgan fingerprint density at radius 3 is 2.15 bits per heavy atom. The first-order valence-electron chi connectivity index (χ1n) is 6.73. The summed E-state index contributed by atoms with van der Waals surface area (Å²) in [5.74, 6) is 0. The third kappa shape index (κ3) is 8.19. The van der Waals surface area contributed by atoms with Gasteiger partial charge in [0.1, 0.15) is 0 Å². The van der Waals surface area contributed by atoms with Gasteiger partial charge in [-0.15, -0.1) is 0 Å². The number of nitrogens with zero attached hydrogens (tertiary/aromatic N) is 1. The molecule has 0 spiro atoms. The molecule has 0 aliphatic rings.